The smallest absolute Gasteiger partial charge is 0.337 e. The van der Waals surface area contributed by atoms with E-state index in [0.717, 1.165) is 10.6 Å². The highest BCUT2D eigenvalue weighted by Gasteiger charge is 2.32. The minimum Gasteiger partial charge on any atom is -0.478 e. The first kappa shape index (κ1) is 19.2. The van der Waals surface area contributed by atoms with E-state index in [4.69, 9.17) is 17.3 Å². The van der Waals surface area contributed by atoms with Gasteiger partial charge >= 0.3 is 5.97 Å². The highest BCUT2D eigenvalue weighted by Crippen LogP contribution is 2.33. The van der Waals surface area contributed by atoms with Gasteiger partial charge in [0.05, 0.1) is 38.8 Å². The molecular formula is C20H13ClN4O5. The Hall–Kier alpha value is -4.11. The van der Waals surface area contributed by atoms with E-state index in [1.54, 1.807) is 24.3 Å². The fraction of sp³-hybridized carbons (Fsp3) is 0. The summed E-state index contributed by atoms with van der Waals surface area (Å²) in [5, 5.41) is 15.0. The molecule has 0 bridgehead atoms. The molecule has 4 rings (SSSR count). The normalized spacial score (nSPS) is 12.4. The monoisotopic (exact) mass is 424 g/mol. The van der Waals surface area contributed by atoms with Crippen molar-refractivity contribution in [1.29, 1.82) is 0 Å². The number of nitrogens with one attached hydrogen (secondary N) is 2. The van der Waals surface area contributed by atoms with E-state index in [1.807, 2.05) is 0 Å². The van der Waals surface area contributed by atoms with Gasteiger partial charge < -0.3 is 16.2 Å². The van der Waals surface area contributed by atoms with Crippen LogP contribution in [-0.4, -0.2) is 27.5 Å². The molecule has 2 heterocycles. The molecule has 0 aliphatic carbocycles. The van der Waals surface area contributed by atoms with E-state index >= 15 is 0 Å². The zero-order valence-corrected chi connectivity index (χ0v) is 15.9. The predicted molar refractivity (Wildman–Crippen MR) is 110 cm³/mol. The van der Waals surface area contributed by atoms with Crippen LogP contribution in [0.15, 0.2) is 53.3 Å². The van der Waals surface area contributed by atoms with Crippen LogP contribution in [0.1, 0.15) is 31.1 Å². The first-order valence-corrected chi connectivity index (χ1v) is 8.97. The molecule has 0 radical (unpaired) electrons. The van der Waals surface area contributed by atoms with Crippen LogP contribution >= 0.6 is 11.6 Å². The number of para-hydroxylation sites is 2. The Morgan fingerprint density at radius 3 is 2.50 bits per heavy atom. The molecule has 30 heavy (non-hydrogen) atoms. The first-order chi connectivity index (χ1) is 14.3. The van der Waals surface area contributed by atoms with Crippen LogP contribution in [0, 0.1) is 0 Å². The second kappa shape index (κ2) is 7.05. The van der Waals surface area contributed by atoms with E-state index in [1.165, 1.54) is 18.2 Å². The SMILES string of the molecule is Nc1c2c(cc(=O)n1-c1cccc(C(=O)O)c1Nc1ccccc1Cl)C(=O)NC2=O. The number of aromatic carboxylic acids is 1. The average Bonchev–Trinajstić information content (AvgIpc) is 2.97. The minimum atomic E-state index is -1.26. The number of amides is 2. The Balaban J connectivity index is 2.01. The number of imide groups is 1. The van der Waals surface area contributed by atoms with Gasteiger partial charge in [0.1, 0.15) is 5.82 Å². The fourth-order valence-electron chi connectivity index (χ4n) is 3.26. The topological polar surface area (TPSA) is 144 Å². The molecule has 3 aromatic rings. The Kier molecular flexibility index (Phi) is 4.52. The molecule has 2 aromatic carbocycles. The fourth-order valence-corrected chi connectivity index (χ4v) is 3.44. The minimum absolute atomic E-state index is 0.0385. The molecule has 150 valence electrons. The van der Waals surface area contributed by atoms with Crippen molar-refractivity contribution in [1.82, 2.24) is 9.88 Å². The van der Waals surface area contributed by atoms with Crippen LogP contribution in [0.25, 0.3) is 5.69 Å². The molecule has 0 saturated carbocycles. The van der Waals surface area contributed by atoms with E-state index in [2.05, 4.69) is 10.6 Å². The largest absolute Gasteiger partial charge is 0.478 e. The molecule has 0 atom stereocenters. The number of nitrogen functional groups attached to an aromatic ring is 1. The lowest BCUT2D eigenvalue weighted by molar-refractivity contribution is 0.0697. The Labute approximate surface area is 173 Å². The van der Waals surface area contributed by atoms with Gasteiger partial charge in [0.15, 0.2) is 0 Å². The number of benzene rings is 2. The molecule has 1 aromatic heterocycles. The van der Waals surface area contributed by atoms with Crippen molar-refractivity contribution in [3.63, 3.8) is 0 Å². The second-order valence-corrected chi connectivity index (χ2v) is 6.79. The number of carbonyl (C=O) groups is 3. The number of rotatable bonds is 4. The van der Waals surface area contributed by atoms with Gasteiger partial charge in [-0.1, -0.05) is 29.8 Å². The number of carbonyl (C=O) groups excluding carboxylic acids is 2. The van der Waals surface area contributed by atoms with Gasteiger partial charge in [0.2, 0.25) is 0 Å². The summed E-state index contributed by atoms with van der Waals surface area (Å²) in [4.78, 5) is 48.6. The molecule has 9 nitrogen and oxygen atoms in total. The number of nitrogens with zero attached hydrogens (tertiary/aromatic N) is 1. The van der Waals surface area contributed by atoms with Gasteiger partial charge in [-0.05, 0) is 24.3 Å². The molecule has 0 spiro atoms. The zero-order valence-electron chi connectivity index (χ0n) is 15.1. The molecule has 2 amide bonds. The molecular weight excluding hydrogens is 412 g/mol. The van der Waals surface area contributed by atoms with E-state index in [0.29, 0.717) is 10.7 Å². The summed E-state index contributed by atoms with van der Waals surface area (Å²) in [5.41, 5.74) is 5.46. The number of carboxylic acid groups (broad SMARTS) is 1. The summed E-state index contributed by atoms with van der Waals surface area (Å²) in [6.07, 6.45) is 0. The summed E-state index contributed by atoms with van der Waals surface area (Å²) in [7, 11) is 0. The van der Waals surface area contributed by atoms with Crippen molar-refractivity contribution in [3.05, 3.63) is 80.6 Å². The van der Waals surface area contributed by atoms with Crippen molar-refractivity contribution >= 4 is 46.6 Å². The number of fused-ring (bicyclic) bond motifs is 1. The van der Waals surface area contributed by atoms with Crippen LogP contribution in [-0.2, 0) is 0 Å². The lowest BCUT2D eigenvalue weighted by atomic mass is 10.1. The third-order valence-electron chi connectivity index (χ3n) is 4.60. The summed E-state index contributed by atoms with van der Waals surface area (Å²) in [6, 6.07) is 11.9. The molecule has 10 heteroatoms. The third-order valence-corrected chi connectivity index (χ3v) is 4.93. The van der Waals surface area contributed by atoms with Crippen LogP contribution in [0.2, 0.25) is 5.02 Å². The van der Waals surface area contributed by atoms with Crippen molar-refractivity contribution in [2.24, 2.45) is 0 Å². The van der Waals surface area contributed by atoms with Crippen molar-refractivity contribution in [2.45, 2.75) is 0 Å². The number of nitrogens with two attached hydrogens (primary N) is 1. The van der Waals surface area contributed by atoms with Gasteiger partial charge in [-0.15, -0.1) is 0 Å². The second-order valence-electron chi connectivity index (χ2n) is 6.38. The first-order valence-electron chi connectivity index (χ1n) is 8.59. The maximum atomic E-state index is 12.8. The number of anilines is 3. The van der Waals surface area contributed by atoms with Gasteiger partial charge in [0.25, 0.3) is 17.4 Å². The van der Waals surface area contributed by atoms with E-state index in [-0.39, 0.29) is 33.9 Å². The molecule has 0 unspecified atom stereocenters. The highest BCUT2D eigenvalue weighted by molar-refractivity contribution is 6.33. The lowest BCUT2D eigenvalue weighted by Crippen LogP contribution is -2.25. The Bertz CT molecular complexity index is 1320. The molecule has 0 fully saturated rings. The van der Waals surface area contributed by atoms with Gasteiger partial charge in [0, 0.05) is 6.07 Å². The maximum Gasteiger partial charge on any atom is 0.337 e. The molecule has 0 saturated heterocycles. The number of carboxylic acids is 1. The van der Waals surface area contributed by atoms with Gasteiger partial charge in [-0.2, -0.15) is 0 Å². The number of hydrogen-bond acceptors (Lipinski definition) is 6. The number of aromatic nitrogens is 1. The maximum absolute atomic E-state index is 12.8. The Morgan fingerprint density at radius 2 is 1.80 bits per heavy atom. The zero-order chi connectivity index (χ0) is 21.6. The van der Waals surface area contributed by atoms with Crippen LogP contribution < -0.4 is 21.9 Å². The van der Waals surface area contributed by atoms with Crippen molar-refractivity contribution < 1.29 is 19.5 Å². The summed E-state index contributed by atoms with van der Waals surface area (Å²) in [6.45, 7) is 0. The number of halogens is 1. The summed E-state index contributed by atoms with van der Waals surface area (Å²) >= 11 is 6.19. The predicted octanol–water partition coefficient (Wildman–Crippen LogP) is 2.40. The van der Waals surface area contributed by atoms with Gasteiger partial charge in [-0.25, -0.2) is 4.79 Å². The number of hydrogen-bond donors (Lipinski definition) is 4. The van der Waals surface area contributed by atoms with Crippen LogP contribution in [0.4, 0.5) is 17.2 Å². The summed E-state index contributed by atoms with van der Waals surface area (Å²) < 4.78 is 0.975. The molecule has 1 aliphatic heterocycles. The van der Waals surface area contributed by atoms with Crippen molar-refractivity contribution in [2.75, 3.05) is 11.1 Å². The Morgan fingerprint density at radius 1 is 1.07 bits per heavy atom. The average molecular weight is 425 g/mol. The van der Waals surface area contributed by atoms with E-state index < -0.39 is 23.3 Å². The number of pyridine rings is 1. The van der Waals surface area contributed by atoms with Crippen LogP contribution in [0.3, 0.4) is 0 Å². The van der Waals surface area contributed by atoms with Crippen LogP contribution in [0.5, 0.6) is 0 Å². The standard InChI is InChI=1S/C20H13ClN4O5/c21-11-5-1-2-6-12(11)23-16-9(20(29)30)4-3-7-13(16)25-14(26)8-10-15(17(25)22)19(28)24-18(10)27/h1-8,23H,22H2,(H,29,30)(H,24,27,28). The molecule has 1 aliphatic rings. The molecule has 5 N–H and O–H groups in total. The lowest BCUT2D eigenvalue weighted by Gasteiger charge is -2.19. The highest BCUT2D eigenvalue weighted by atomic mass is 35.5. The summed E-state index contributed by atoms with van der Waals surface area (Å²) in [5.74, 6) is -3.01. The van der Waals surface area contributed by atoms with Gasteiger partial charge in [-0.3, -0.25) is 24.3 Å². The van der Waals surface area contributed by atoms with E-state index in [9.17, 15) is 24.3 Å². The third kappa shape index (κ3) is 2.97. The quantitative estimate of drug-likeness (QED) is 0.471. The van der Waals surface area contributed by atoms with Crippen molar-refractivity contribution in [3.8, 4) is 5.69 Å².